The van der Waals surface area contributed by atoms with E-state index in [0.29, 0.717) is 39.0 Å². The van der Waals surface area contributed by atoms with Gasteiger partial charge in [-0.05, 0) is 53.8 Å². The van der Waals surface area contributed by atoms with Gasteiger partial charge in [-0.1, -0.05) is 67.4 Å². The number of nitrogens with one attached hydrogen (secondary N) is 5. The number of carbonyl (C=O) groups is 6. The third kappa shape index (κ3) is 8.87. The van der Waals surface area contributed by atoms with E-state index >= 15 is 0 Å². The van der Waals surface area contributed by atoms with Crippen LogP contribution in [0.3, 0.4) is 0 Å². The van der Waals surface area contributed by atoms with Crippen molar-refractivity contribution in [2.75, 3.05) is 32.7 Å². The Morgan fingerprint density at radius 2 is 1.77 bits per heavy atom. The van der Waals surface area contributed by atoms with Gasteiger partial charge in [0.1, 0.15) is 12.1 Å². The topological polar surface area (TPSA) is 169 Å². The molecule has 0 aromatic carbocycles. The number of piperidine rings is 1. The lowest BCUT2D eigenvalue weighted by Crippen LogP contribution is -2.62. The van der Waals surface area contributed by atoms with Gasteiger partial charge >= 0.3 is 12.1 Å². The Morgan fingerprint density at radius 1 is 1.08 bits per heavy atom. The van der Waals surface area contributed by atoms with Crippen LogP contribution >= 0.6 is 0 Å². The predicted octanol–water partition coefficient (Wildman–Crippen LogP) is 2.17. The van der Waals surface area contributed by atoms with Gasteiger partial charge in [0.15, 0.2) is 0 Å². The first-order valence-corrected chi connectivity index (χ1v) is 17.6. The van der Waals surface area contributed by atoms with Crippen molar-refractivity contribution in [2.24, 2.45) is 34.5 Å². The van der Waals surface area contributed by atoms with Gasteiger partial charge in [0.25, 0.3) is 5.91 Å². The van der Waals surface area contributed by atoms with Gasteiger partial charge in [-0.25, -0.2) is 9.59 Å². The van der Waals surface area contributed by atoms with Gasteiger partial charge in [-0.3, -0.25) is 19.2 Å². The number of carbonyl (C=O) groups excluding carboxylic acids is 6. The number of hydrogen-bond acceptors (Lipinski definition) is 6. The number of rotatable bonds is 15. The second kappa shape index (κ2) is 14.9. The molecule has 4 aliphatic rings. The third-order valence-corrected chi connectivity index (χ3v) is 10.4. The van der Waals surface area contributed by atoms with E-state index in [1.54, 1.807) is 9.80 Å². The summed E-state index contributed by atoms with van der Waals surface area (Å²) in [6.07, 6.45) is 5.19. The van der Waals surface area contributed by atoms with Crippen LogP contribution in [0.2, 0.25) is 0 Å². The number of nitrogens with zero attached hydrogens (tertiary/aromatic N) is 2. The van der Waals surface area contributed by atoms with Crippen LogP contribution in [-0.2, 0) is 19.2 Å². The molecule has 1 unspecified atom stereocenters. The highest BCUT2D eigenvalue weighted by Crippen LogP contribution is 2.65. The molecular formula is C35H57N7O6. The first-order chi connectivity index (χ1) is 22.4. The summed E-state index contributed by atoms with van der Waals surface area (Å²) in [4.78, 5) is 83.3. The minimum atomic E-state index is -0.991. The van der Waals surface area contributed by atoms with Crippen molar-refractivity contribution in [1.82, 2.24) is 36.4 Å². The van der Waals surface area contributed by atoms with E-state index in [-0.39, 0.29) is 53.6 Å². The highest BCUT2D eigenvalue weighted by Gasteiger charge is 2.70. The third-order valence-electron chi connectivity index (χ3n) is 10.4. The molecule has 2 saturated carbocycles. The van der Waals surface area contributed by atoms with Crippen molar-refractivity contribution in [2.45, 2.75) is 105 Å². The molecule has 0 aromatic heterocycles. The number of likely N-dealkylation sites (tertiary alicyclic amines) is 1. The number of fused-ring (bicyclic) bond motifs is 1. The van der Waals surface area contributed by atoms with Gasteiger partial charge in [0, 0.05) is 38.8 Å². The minimum absolute atomic E-state index is 0.0891. The molecule has 0 aromatic rings. The summed E-state index contributed by atoms with van der Waals surface area (Å²) < 4.78 is 0. The zero-order chi connectivity index (χ0) is 35.6. The molecule has 48 heavy (non-hydrogen) atoms. The fourth-order valence-corrected chi connectivity index (χ4v) is 7.44. The van der Waals surface area contributed by atoms with Gasteiger partial charge < -0.3 is 36.4 Å². The SMILES string of the molecule is C=CCNC(=O)C(=O)C(CC1CC1)NC(=O)[C@@H]1[C@@H]2[C@H](CN1C(=O)[C@@H](NC(=O)N[C@@H](CC(C)C)CN1CCCNC1=O)C(C)(C)C)C2(C)C. The van der Waals surface area contributed by atoms with Crippen molar-refractivity contribution >= 4 is 35.6 Å². The Labute approximate surface area is 285 Å². The highest BCUT2D eigenvalue weighted by molar-refractivity contribution is 6.38. The van der Waals surface area contributed by atoms with E-state index in [4.69, 9.17) is 0 Å². The van der Waals surface area contributed by atoms with Crippen LogP contribution in [0.4, 0.5) is 9.59 Å². The first kappa shape index (κ1) is 37.2. The first-order valence-electron chi connectivity index (χ1n) is 17.6. The lowest BCUT2D eigenvalue weighted by molar-refractivity contribution is -0.145. The molecule has 6 atom stereocenters. The Kier molecular flexibility index (Phi) is 11.5. The van der Waals surface area contributed by atoms with Crippen molar-refractivity contribution in [3.63, 3.8) is 0 Å². The second-order valence-electron chi connectivity index (χ2n) is 16.3. The minimum Gasteiger partial charge on any atom is -0.346 e. The number of urea groups is 2. The Hall–Kier alpha value is -3.64. The summed E-state index contributed by atoms with van der Waals surface area (Å²) in [7, 11) is 0. The van der Waals surface area contributed by atoms with Crippen LogP contribution in [0.25, 0.3) is 0 Å². The van der Waals surface area contributed by atoms with Gasteiger partial charge in [-0.2, -0.15) is 0 Å². The molecule has 13 heteroatoms. The molecule has 0 bridgehead atoms. The van der Waals surface area contributed by atoms with Crippen LogP contribution < -0.4 is 26.6 Å². The van der Waals surface area contributed by atoms with Crippen LogP contribution in [0.1, 0.15) is 80.6 Å². The molecule has 5 N–H and O–H groups in total. The Morgan fingerprint density at radius 3 is 2.35 bits per heavy atom. The van der Waals surface area contributed by atoms with Gasteiger partial charge in [0.2, 0.25) is 17.6 Å². The lowest BCUT2D eigenvalue weighted by atomic mass is 9.85. The summed E-state index contributed by atoms with van der Waals surface area (Å²) in [5.74, 6) is -1.82. The van der Waals surface area contributed by atoms with Gasteiger partial charge in [-0.15, -0.1) is 6.58 Å². The largest absolute Gasteiger partial charge is 0.346 e. The Balaban J connectivity index is 1.50. The summed E-state index contributed by atoms with van der Waals surface area (Å²) in [5, 5.41) is 14.2. The molecule has 268 valence electrons. The van der Waals surface area contributed by atoms with Crippen molar-refractivity contribution in [3.8, 4) is 0 Å². The number of hydrogen-bond donors (Lipinski definition) is 5. The number of Topliss-reactive ketones (excluding diaryl/α,β-unsaturated/α-hetero) is 1. The molecule has 7 amide bonds. The molecule has 0 spiro atoms. The summed E-state index contributed by atoms with van der Waals surface area (Å²) in [5.41, 5.74) is -0.880. The van der Waals surface area contributed by atoms with Crippen molar-refractivity contribution in [1.29, 1.82) is 0 Å². The maximum absolute atomic E-state index is 14.4. The lowest BCUT2D eigenvalue weighted by Gasteiger charge is -2.38. The molecule has 0 radical (unpaired) electrons. The molecule has 13 nitrogen and oxygen atoms in total. The number of ketones is 1. The Bertz CT molecular complexity index is 1270. The van der Waals surface area contributed by atoms with Crippen molar-refractivity contribution in [3.05, 3.63) is 12.7 Å². The average Bonchev–Trinajstić information content (AvgIpc) is 3.85. The summed E-state index contributed by atoms with van der Waals surface area (Å²) >= 11 is 0. The van der Waals surface area contributed by atoms with E-state index in [1.165, 1.54) is 6.08 Å². The zero-order valence-electron chi connectivity index (χ0n) is 29.8. The molecule has 2 heterocycles. The maximum Gasteiger partial charge on any atom is 0.317 e. The molecule has 2 saturated heterocycles. The summed E-state index contributed by atoms with van der Waals surface area (Å²) in [6, 6.07) is -3.79. The molecular weight excluding hydrogens is 614 g/mol. The van der Waals surface area contributed by atoms with E-state index in [0.717, 1.165) is 19.3 Å². The highest BCUT2D eigenvalue weighted by atomic mass is 16.2. The molecule has 2 aliphatic heterocycles. The monoisotopic (exact) mass is 671 g/mol. The van der Waals surface area contributed by atoms with Crippen molar-refractivity contribution < 1.29 is 28.8 Å². The van der Waals surface area contributed by atoms with Gasteiger partial charge in [0.05, 0.1) is 6.04 Å². The van der Waals surface area contributed by atoms with Crippen LogP contribution in [0.5, 0.6) is 0 Å². The fourth-order valence-electron chi connectivity index (χ4n) is 7.44. The molecule has 4 rings (SSSR count). The van der Waals surface area contributed by atoms with E-state index < -0.39 is 47.2 Å². The second-order valence-corrected chi connectivity index (χ2v) is 16.3. The van der Waals surface area contributed by atoms with Crippen LogP contribution in [0, 0.1) is 34.5 Å². The fraction of sp³-hybridized carbons (Fsp3) is 0.771. The predicted molar refractivity (Wildman–Crippen MR) is 181 cm³/mol. The van der Waals surface area contributed by atoms with E-state index in [2.05, 4.69) is 47.0 Å². The zero-order valence-corrected chi connectivity index (χ0v) is 29.8. The molecule has 4 fully saturated rings. The quantitative estimate of drug-likeness (QED) is 0.132. The van der Waals surface area contributed by atoms with Crippen LogP contribution in [0.15, 0.2) is 12.7 Å². The van der Waals surface area contributed by atoms with E-state index in [1.807, 2.05) is 34.6 Å². The molecule has 2 aliphatic carbocycles. The number of amides is 7. The maximum atomic E-state index is 14.4. The normalized spacial score (nSPS) is 24.8. The summed E-state index contributed by atoms with van der Waals surface area (Å²) in [6.45, 7) is 19.5. The standard InChI is InChI=1S/C35H57N7O6/c1-9-13-36-30(45)27(43)24(17-21-11-12-21)39-29(44)26-25-23(35(25,7)8)19-42(26)31(46)28(34(4,5)6)40-32(47)38-22(16-20(2)3)18-41-15-10-14-37-33(41)48/h9,20-26,28H,1,10-19H2,2-8H3,(H,36,45)(H,37,48)(H,39,44)(H2,38,40,47)/t22-,23-,24?,25-,26-,28+/m0/s1. The smallest absolute Gasteiger partial charge is 0.317 e. The van der Waals surface area contributed by atoms with E-state index in [9.17, 15) is 28.8 Å². The average molecular weight is 672 g/mol. The van der Waals surface area contributed by atoms with Crippen LogP contribution in [-0.4, -0.2) is 102 Å².